The zero-order valence-corrected chi connectivity index (χ0v) is 14.8. The van der Waals surface area contributed by atoms with Gasteiger partial charge in [0.15, 0.2) is 0 Å². The summed E-state index contributed by atoms with van der Waals surface area (Å²) in [5, 5.41) is 9.92. The van der Waals surface area contributed by atoms with E-state index in [1.807, 2.05) is 49.0 Å². The predicted molar refractivity (Wildman–Crippen MR) is 97.0 cm³/mol. The third-order valence-corrected chi connectivity index (χ3v) is 4.24. The summed E-state index contributed by atoms with van der Waals surface area (Å²) in [5.74, 6) is -0.310. The van der Waals surface area contributed by atoms with Gasteiger partial charge in [-0.2, -0.15) is 5.10 Å². The second kappa shape index (κ2) is 9.61. The van der Waals surface area contributed by atoms with Crippen LogP contribution in [0.15, 0.2) is 48.8 Å². The van der Waals surface area contributed by atoms with Crippen molar-refractivity contribution >= 4 is 11.8 Å². The number of aromatic nitrogens is 2. The number of rotatable bonds is 9. The molecular weight excluding hydrogens is 316 g/mol. The third kappa shape index (κ3) is 5.74. The third-order valence-electron chi connectivity index (χ3n) is 4.24. The zero-order chi connectivity index (χ0) is 18.1. The summed E-state index contributed by atoms with van der Waals surface area (Å²) in [6.45, 7) is 5.28. The van der Waals surface area contributed by atoms with Crippen molar-refractivity contribution in [3.8, 4) is 0 Å². The van der Waals surface area contributed by atoms with Crippen LogP contribution in [0.2, 0.25) is 0 Å². The molecule has 0 saturated carbocycles. The summed E-state index contributed by atoms with van der Waals surface area (Å²) in [4.78, 5) is 24.9. The maximum Gasteiger partial charge on any atom is 0.251 e. The molecule has 0 unspecified atom stereocenters. The summed E-state index contributed by atoms with van der Waals surface area (Å²) in [6, 6.07) is 10.3. The Balaban J connectivity index is 1.87. The summed E-state index contributed by atoms with van der Waals surface area (Å²) >= 11 is 0. The van der Waals surface area contributed by atoms with Crippen LogP contribution in [0.25, 0.3) is 0 Å². The van der Waals surface area contributed by atoms with Crippen LogP contribution in [0, 0.1) is 5.92 Å². The van der Waals surface area contributed by atoms with Crippen LogP contribution in [0.1, 0.15) is 37.0 Å². The van der Waals surface area contributed by atoms with Gasteiger partial charge >= 0.3 is 0 Å². The maximum atomic E-state index is 12.5. The molecule has 0 aliphatic rings. The Hall–Kier alpha value is -2.63. The minimum Gasteiger partial charge on any atom is -0.354 e. The van der Waals surface area contributed by atoms with E-state index < -0.39 is 6.04 Å². The van der Waals surface area contributed by atoms with Crippen molar-refractivity contribution in [1.29, 1.82) is 0 Å². The van der Waals surface area contributed by atoms with Gasteiger partial charge in [0, 0.05) is 31.0 Å². The van der Waals surface area contributed by atoms with Crippen molar-refractivity contribution < 1.29 is 9.59 Å². The fourth-order valence-electron chi connectivity index (χ4n) is 2.51. The van der Waals surface area contributed by atoms with Gasteiger partial charge in [-0.25, -0.2) is 0 Å². The SMILES string of the molecule is CC[C@@H](C)[C@@H](NC(=O)c1ccccc1)C(=O)NCCCn1cccn1. The molecule has 0 fully saturated rings. The molecule has 2 aromatic rings. The lowest BCUT2D eigenvalue weighted by molar-refractivity contribution is -0.124. The molecule has 0 aliphatic carbocycles. The number of amides is 2. The highest BCUT2D eigenvalue weighted by Crippen LogP contribution is 2.09. The molecule has 6 heteroatoms. The second-order valence-corrected chi connectivity index (χ2v) is 6.12. The molecule has 0 saturated heterocycles. The summed E-state index contributed by atoms with van der Waals surface area (Å²) in [5.41, 5.74) is 0.558. The quantitative estimate of drug-likeness (QED) is 0.686. The number of nitrogens with one attached hydrogen (secondary N) is 2. The van der Waals surface area contributed by atoms with Gasteiger partial charge in [-0.1, -0.05) is 38.5 Å². The van der Waals surface area contributed by atoms with E-state index >= 15 is 0 Å². The molecule has 1 heterocycles. The summed E-state index contributed by atoms with van der Waals surface area (Å²) < 4.78 is 1.83. The molecule has 0 spiro atoms. The van der Waals surface area contributed by atoms with Gasteiger partial charge in [-0.15, -0.1) is 0 Å². The number of nitrogens with zero attached hydrogens (tertiary/aromatic N) is 2. The Morgan fingerprint density at radius 1 is 1.20 bits per heavy atom. The number of carbonyl (C=O) groups is 2. The van der Waals surface area contributed by atoms with Crippen LogP contribution in [-0.2, 0) is 11.3 Å². The number of benzene rings is 1. The number of aryl methyl sites for hydroxylation is 1. The Kier molecular flexibility index (Phi) is 7.19. The van der Waals surface area contributed by atoms with E-state index in [0.29, 0.717) is 12.1 Å². The monoisotopic (exact) mass is 342 g/mol. The van der Waals surface area contributed by atoms with E-state index in [1.165, 1.54) is 0 Å². The van der Waals surface area contributed by atoms with Gasteiger partial charge in [0.2, 0.25) is 5.91 Å². The average molecular weight is 342 g/mol. The number of hydrogen-bond donors (Lipinski definition) is 2. The number of hydrogen-bond acceptors (Lipinski definition) is 3. The van der Waals surface area contributed by atoms with Crippen molar-refractivity contribution in [2.75, 3.05) is 6.54 Å². The maximum absolute atomic E-state index is 12.5. The van der Waals surface area contributed by atoms with Crippen molar-refractivity contribution in [2.24, 2.45) is 5.92 Å². The van der Waals surface area contributed by atoms with Gasteiger partial charge in [0.05, 0.1) is 0 Å². The van der Waals surface area contributed by atoms with E-state index in [0.717, 1.165) is 19.4 Å². The zero-order valence-electron chi connectivity index (χ0n) is 14.8. The van der Waals surface area contributed by atoms with Crippen LogP contribution in [0.3, 0.4) is 0 Å². The molecule has 2 amide bonds. The first-order valence-corrected chi connectivity index (χ1v) is 8.73. The largest absolute Gasteiger partial charge is 0.354 e. The van der Waals surface area contributed by atoms with E-state index in [1.54, 1.807) is 18.3 Å². The highest BCUT2D eigenvalue weighted by Gasteiger charge is 2.25. The second-order valence-electron chi connectivity index (χ2n) is 6.12. The molecule has 25 heavy (non-hydrogen) atoms. The molecule has 0 radical (unpaired) electrons. The Morgan fingerprint density at radius 3 is 2.60 bits per heavy atom. The Bertz CT molecular complexity index is 655. The predicted octanol–water partition coefficient (Wildman–Crippen LogP) is 2.23. The van der Waals surface area contributed by atoms with Gasteiger partial charge in [-0.3, -0.25) is 14.3 Å². The van der Waals surface area contributed by atoms with Crippen molar-refractivity contribution in [3.05, 3.63) is 54.4 Å². The summed E-state index contributed by atoms with van der Waals surface area (Å²) in [7, 11) is 0. The normalized spacial score (nSPS) is 13.0. The van der Waals surface area contributed by atoms with E-state index in [2.05, 4.69) is 15.7 Å². The molecule has 2 atom stereocenters. The first kappa shape index (κ1) is 18.7. The lowest BCUT2D eigenvalue weighted by Crippen LogP contribution is -2.50. The smallest absolute Gasteiger partial charge is 0.251 e. The van der Waals surface area contributed by atoms with Crippen molar-refractivity contribution in [3.63, 3.8) is 0 Å². The average Bonchev–Trinajstić information content (AvgIpc) is 3.16. The molecule has 2 N–H and O–H groups in total. The molecule has 1 aromatic heterocycles. The van der Waals surface area contributed by atoms with Gasteiger partial charge < -0.3 is 10.6 Å². The molecule has 0 aliphatic heterocycles. The van der Waals surface area contributed by atoms with E-state index in [-0.39, 0.29) is 17.7 Å². The fourth-order valence-corrected chi connectivity index (χ4v) is 2.51. The Morgan fingerprint density at radius 2 is 1.96 bits per heavy atom. The molecule has 1 aromatic carbocycles. The lowest BCUT2D eigenvalue weighted by Gasteiger charge is -2.23. The van der Waals surface area contributed by atoms with Gasteiger partial charge in [0.25, 0.3) is 5.91 Å². The van der Waals surface area contributed by atoms with Gasteiger partial charge in [0.1, 0.15) is 6.04 Å². The molecular formula is C19H26N4O2. The standard InChI is InChI=1S/C19H26N4O2/c1-3-15(2)17(22-18(24)16-9-5-4-6-10-16)19(25)20-11-7-13-23-14-8-12-21-23/h4-6,8-10,12,14-15,17H,3,7,11,13H2,1-2H3,(H,20,25)(H,22,24)/t15-,17-/m1/s1. The van der Waals surface area contributed by atoms with Crippen LogP contribution >= 0.6 is 0 Å². The van der Waals surface area contributed by atoms with Crippen LogP contribution in [0.5, 0.6) is 0 Å². The van der Waals surface area contributed by atoms with Crippen molar-refractivity contribution in [1.82, 2.24) is 20.4 Å². The van der Waals surface area contributed by atoms with Crippen LogP contribution < -0.4 is 10.6 Å². The van der Waals surface area contributed by atoms with Crippen molar-refractivity contribution in [2.45, 2.75) is 39.3 Å². The highest BCUT2D eigenvalue weighted by atomic mass is 16.2. The number of carbonyl (C=O) groups excluding carboxylic acids is 2. The Labute approximate surface area is 148 Å². The highest BCUT2D eigenvalue weighted by molar-refractivity contribution is 5.97. The first-order chi connectivity index (χ1) is 12.1. The molecule has 6 nitrogen and oxygen atoms in total. The molecule has 2 rings (SSSR count). The van der Waals surface area contributed by atoms with E-state index in [4.69, 9.17) is 0 Å². The minimum atomic E-state index is -0.539. The fraction of sp³-hybridized carbons (Fsp3) is 0.421. The molecule has 0 bridgehead atoms. The summed E-state index contributed by atoms with van der Waals surface area (Å²) in [6.07, 6.45) is 5.22. The van der Waals surface area contributed by atoms with Gasteiger partial charge in [-0.05, 0) is 30.5 Å². The first-order valence-electron chi connectivity index (χ1n) is 8.73. The van der Waals surface area contributed by atoms with Crippen LogP contribution in [-0.4, -0.2) is 34.2 Å². The topological polar surface area (TPSA) is 76.0 Å². The van der Waals surface area contributed by atoms with E-state index in [9.17, 15) is 9.59 Å². The molecule has 134 valence electrons. The lowest BCUT2D eigenvalue weighted by atomic mass is 9.98. The minimum absolute atomic E-state index is 0.0544. The van der Waals surface area contributed by atoms with Crippen LogP contribution in [0.4, 0.5) is 0 Å².